The molecule has 0 bridgehead atoms. The minimum atomic E-state index is 0.0139. The molecule has 1 fully saturated rings. The highest BCUT2D eigenvalue weighted by molar-refractivity contribution is 8.01. The zero-order valence-corrected chi connectivity index (χ0v) is 4.65. The molecule has 0 aromatic heterocycles. The second-order valence-corrected chi connectivity index (χ2v) is 2.38. The van der Waals surface area contributed by atoms with Gasteiger partial charge in [0, 0.05) is 5.75 Å². The Balaban J connectivity index is 2.14. The van der Waals surface area contributed by atoms with E-state index in [1.165, 1.54) is 0 Å². The van der Waals surface area contributed by atoms with Gasteiger partial charge in [0.05, 0.1) is 13.2 Å². The molecule has 0 spiro atoms. The molecule has 0 amide bonds. The third-order valence-electron chi connectivity index (χ3n) is 0.747. The molecule has 41 valence electrons. The van der Waals surface area contributed by atoms with E-state index in [0.29, 0.717) is 6.61 Å². The normalized spacial score (nSPS) is 31.3. The van der Waals surface area contributed by atoms with Gasteiger partial charge in [0.15, 0.2) is 0 Å². The minimum absolute atomic E-state index is 0.0139. The predicted octanol–water partition coefficient (Wildman–Crippen LogP) is 0.230. The van der Waals surface area contributed by atoms with Crippen molar-refractivity contribution >= 4 is 11.8 Å². The highest BCUT2D eigenvalue weighted by Crippen LogP contribution is 2.22. The Morgan fingerprint density at radius 3 is 3.14 bits per heavy atom. The van der Waals surface area contributed by atoms with Crippen molar-refractivity contribution in [3.63, 3.8) is 0 Å². The minimum Gasteiger partial charge on any atom is -0.393 e. The van der Waals surface area contributed by atoms with Gasteiger partial charge < -0.3 is 9.84 Å². The molecular formula is C4H7O2S. The average Bonchev–Trinajstić information content (AvgIpc) is 2.14. The van der Waals surface area contributed by atoms with Crippen LogP contribution in [0.5, 0.6) is 0 Å². The van der Waals surface area contributed by atoms with Gasteiger partial charge in [0.25, 0.3) is 0 Å². The van der Waals surface area contributed by atoms with E-state index in [1.54, 1.807) is 11.8 Å². The summed E-state index contributed by atoms with van der Waals surface area (Å²) in [5, 5.41) is 8.40. The molecule has 3 heteroatoms. The van der Waals surface area contributed by atoms with Crippen molar-refractivity contribution in [2.24, 2.45) is 0 Å². The number of aliphatic hydroxyl groups is 1. The van der Waals surface area contributed by atoms with Gasteiger partial charge >= 0.3 is 0 Å². The molecule has 0 saturated carbocycles. The van der Waals surface area contributed by atoms with E-state index < -0.39 is 0 Å². The summed E-state index contributed by atoms with van der Waals surface area (Å²) >= 11 is 1.55. The number of aliphatic hydroxyl groups excluding tert-OH is 1. The molecule has 1 rings (SSSR count). The van der Waals surface area contributed by atoms with Crippen LogP contribution in [0.3, 0.4) is 0 Å². The molecular weight excluding hydrogens is 112 g/mol. The van der Waals surface area contributed by atoms with E-state index >= 15 is 0 Å². The first-order chi connectivity index (χ1) is 3.43. The lowest BCUT2D eigenvalue weighted by Gasteiger charge is -1.99. The fourth-order valence-corrected chi connectivity index (χ4v) is 1.04. The second kappa shape index (κ2) is 2.55. The van der Waals surface area contributed by atoms with E-state index in [2.05, 4.69) is 0 Å². The Morgan fingerprint density at radius 2 is 2.86 bits per heavy atom. The van der Waals surface area contributed by atoms with Gasteiger partial charge in [-0.15, -0.1) is 11.8 Å². The number of ether oxygens (including phenoxy) is 1. The highest BCUT2D eigenvalue weighted by Gasteiger charge is 2.13. The smallest absolute Gasteiger partial charge is 0.126 e. The summed E-state index contributed by atoms with van der Waals surface area (Å²) in [6.07, 6.45) is 0. The first-order valence-corrected chi connectivity index (χ1v) is 3.07. The van der Waals surface area contributed by atoms with E-state index in [9.17, 15) is 0 Å². The topological polar surface area (TPSA) is 29.5 Å². The lowest BCUT2D eigenvalue weighted by molar-refractivity contribution is 0.0955. The largest absolute Gasteiger partial charge is 0.393 e. The number of hydrogen-bond donors (Lipinski definition) is 1. The second-order valence-electron chi connectivity index (χ2n) is 1.25. The van der Waals surface area contributed by atoms with Crippen LogP contribution in [-0.4, -0.2) is 23.8 Å². The van der Waals surface area contributed by atoms with Crippen molar-refractivity contribution in [2.75, 3.05) is 13.2 Å². The number of hydrogen-bond acceptors (Lipinski definition) is 3. The van der Waals surface area contributed by atoms with Gasteiger partial charge in [-0.1, -0.05) is 0 Å². The quantitative estimate of drug-likeness (QED) is 0.535. The summed E-state index contributed by atoms with van der Waals surface area (Å²) in [5.74, 6) is 1.95. The van der Waals surface area contributed by atoms with Crippen LogP contribution in [-0.2, 0) is 4.74 Å². The molecule has 1 aliphatic rings. The summed E-state index contributed by atoms with van der Waals surface area (Å²) in [7, 11) is 0. The lowest BCUT2D eigenvalue weighted by atomic mass is 10.7. The van der Waals surface area contributed by atoms with Gasteiger partial charge in [-0.2, -0.15) is 0 Å². The Morgan fingerprint density at radius 1 is 2.00 bits per heavy atom. The Bertz CT molecular complexity index is 51.7. The van der Waals surface area contributed by atoms with Crippen LogP contribution >= 0.6 is 11.8 Å². The zero-order valence-electron chi connectivity index (χ0n) is 3.83. The molecule has 0 aliphatic carbocycles. The fourth-order valence-electron chi connectivity index (χ4n) is 0.428. The SMILES string of the molecule is OC[C@@H]1OC[CH]S1. The molecule has 1 aliphatic heterocycles. The van der Waals surface area contributed by atoms with Crippen molar-refractivity contribution in [3.05, 3.63) is 5.75 Å². The monoisotopic (exact) mass is 119 g/mol. The molecule has 0 aromatic rings. The van der Waals surface area contributed by atoms with E-state index in [1.807, 2.05) is 5.75 Å². The molecule has 1 saturated heterocycles. The number of rotatable bonds is 1. The standard InChI is InChI=1S/C4H7O2S/c5-3-4-6-1-2-7-4/h2,4-5H,1,3H2/t4-/m1/s1. The molecule has 0 unspecified atom stereocenters. The summed E-state index contributed by atoms with van der Waals surface area (Å²) in [6.45, 7) is 0.803. The van der Waals surface area contributed by atoms with Crippen LogP contribution in [0.25, 0.3) is 0 Å². The zero-order chi connectivity index (χ0) is 5.11. The van der Waals surface area contributed by atoms with Crippen molar-refractivity contribution in [3.8, 4) is 0 Å². The third-order valence-corrected chi connectivity index (χ3v) is 1.66. The maximum Gasteiger partial charge on any atom is 0.126 e. The maximum absolute atomic E-state index is 8.40. The molecule has 0 aromatic carbocycles. The highest BCUT2D eigenvalue weighted by atomic mass is 32.2. The summed E-state index contributed by atoms with van der Waals surface area (Å²) in [4.78, 5) is 0. The van der Waals surface area contributed by atoms with Crippen LogP contribution in [0.15, 0.2) is 0 Å². The molecule has 1 radical (unpaired) electrons. The van der Waals surface area contributed by atoms with E-state index in [0.717, 1.165) is 0 Å². The first-order valence-electron chi connectivity index (χ1n) is 2.13. The van der Waals surface area contributed by atoms with E-state index in [4.69, 9.17) is 9.84 Å². The first kappa shape index (κ1) is 5.41. The third kappa shape index (κ3) is 1.33. The van der Waals surface area contributed by atoms with Crippen LogP contribution in [0, 0.1) is 5.75 Å². The maximum atomic E-state index is 8.40. The fraction of sp³-hybridized carbons (Fsp3) is 0.750. The van der Waals surface area contributed by atoms with E-state index in [-0.39, 0.29) is 12.0 Å². The predicted molar refractivity (Wildman–Crippen MR) is 28.7 cm³/mol. The Hall–Kier alpha value is 0.270. The van der Waals surface area contributed by atoms with Crippen molar-refractivity contribution < 1.29 is 9.84 Å². The Labute approximate surface area is 46.9 Å². The van der Waals surface area contributed by atoms with Crippen LogP contribution in [0.1, 0.15) is 0 Å². The van der Waals surface area contributed by atoms with Gasteiger partial charge in [0.2, 0.25) is 0 Å². The molecule has 1 atom stereocenters. The number of thioether (sulfide) groups is 1. The lowest BCUT2D eigenvalue weighted by Crippen LogP contribution is -2.05. The molecule has 2 nitrogen and oxygen atoms in total. The van der Waals surface area contributed by atoms with Crippen LogP contribution < -0.4 is 0 Å². The summed E-state index contributed by atoms with van der Waals surface area (Å²) in [5.41, 5.74) is 0.0139. The summed E-state index contributed by atoms with van der Waals surface area (Å²) in [6, 6.07) is 0. The van der Waals surface area contributed by atoms with Crippen molar-refractivity contribution in [1.82, 2.24) is 0 Å². The molecule has 1 heterocycles. The molecule has 7 heavy (non-hydrogen) atoms. The van der Waals surface area contributed by atoms with Gasteiger partial charge in [-0.25, -0.2) is 0 Å². The average molecular weight is 119 g/mol. The molecule has 1 N–H and O–H groups in total. The van der Waals surface area contributed by atoms with Gasteiger partial charge in [-0.3, -0.25) is 0 Å². The summed E-state index contributed by atoms with van der Waals surface area (Å²) < 4.78 is 4.96. The van der Waals surface area contributed by atoms with Crippen molar-refractivity contribution in [1.29, 1.82) is 0 Å². The van der Waals surface area contributed by atoms with Crippen molar-refractivity contribution in [2.45, 2.75) is 5.44 Å². The van der Waals surface area contributed by atoms with Crippen LogP contribution in [0.2, 0.25) is 0 Å². The van der Waals surface area contributed by atoms with Gasteiger partial charge in [0.1, 0.15) is 5.44 Å². The van der Waals surface area contributed by atoms with Crippen LogP contribution in [0.4, 0.5) is 0 Å². The Kier molecular flexibility index (Phi) is 1.97. The van der Waals surface area contributed by atoms with Gasteiger partial charge in [-0.05, 0) is 0 Å².